The molecule has 0 aliphatic carbocycles. The van der Waals surface area contributed by atoms with E-state index in [1.54, 1.807) is 0 Å². The minimum Gasteiger partial charge on any atom is -0.462 e. The van der Waals surface area contributed by atoms with E-state index in [4.69, 9.17) is 37.0 Å². The first-order chi connectivity index (χ1) is 45.7. The molecule has 0 radical (unpaired) electrons. The van der Waals surface area contributed by atoms with Gasteiger partial charge in [-0.3, -0.25) is 37.3 Å². The molecule has 19 heteroatoms. The van der Waals surface area contributed by atoms with Crippen molar-refractivity contribution in [2.24, 2.45) is 0 Å². The van der Waals surface area contributed by atoms with Gasteiger partial charge in [0.05, 0.1) is 26.4 Å². The number of phosphoric ester groups is 2. The normalized spacial score (nSPS) is 14.5. The van der Waals surface area contributed by atoms with E-state index in [1.165, 1.54) is 51.4 Å². The number of aliphatic hydroxyl groups excluding tert-OH is 1. The highest BCUT2D eigenvalue weighted by Crippen LogP contribution is 2.45. The number of rotatable bonds is 69. The van der Waals surface area contributed by atoms with Crippen LogP contribution in [0.2, 0.25) is 0 Å². The first-order valence-electron chi connectivity index (χ1n) is 36.8. The van der Waals surface area contributed by atoms with Gasteiger partial charge in [0.1, 0.15) is 19.3 Å². The number of esters is 4. The van der Waals surface area contributed by atoms with Crippen LogP contribution in [0.15, 0.2) is 85.1 Å². The number of carbonyl (C=O) groups excluding carboxylic acids is 4. The first-order valence-corrected chi connectivity index (χ1v) is 39.8. The molecule has 0 saturated carbocycles. The van der Waals surface area contributed by atoms with Crippen molar-refractivity contribution in [1.29, 1.82) is 0 Å². The average Bonchev–Trinajstić information content (AvgIpc) is 1.32. The van der Waals surface area contributed by atoms with Crippen LogP contribution in [0.4, 0.5) is 0 Å². The summed E-state index contributed by atoms with van der Waals surface area (Å²) in [7, 11) is -9.94. The summed E-state index contributed by atoms with van der Waals surface area (Å²) in [6, 6.07) is 0. The van der Waals surface area contributed by atoms with E-state index in [0.29, 0.717) is 25.7 Å². The predicted octanol–water partition coefficient (Wildman–Crippen LogP) is 20.7. The lowest BCUT2D eigenvalue weighted by Gasteiger charge is -2.21. The molecule has 0 spiro atoms. The molecular formula is C75H132O17P2. The zero-order valence-electron chi connectivity index (χ0n) is 59.1. The highest BCUT2D eigenvalue weighted by Gasteiger charge is 2.30. The quantitative estimate of drug-likeness (QED) is 0.0169. The molecule has 3 N–H and O–H groups in total. The maximum Gasteiger partial charge on any atom is 0.472 e. The molecule has 5 unspecified atom stereocenters. The third kappa shape index (κ3) is 66.8. The highest BCUT2D eigenvalue weighted by atomic mass is 31.2. The Labute approximate surface area is 570 Å². The second-order valence-corrected chi connectivity index (χ2v) is 27.4. The van der Waals surface area contributed by atoms with Gasteiger partial charge in [0.25, 0.3) is 0 Å². The Morgan fingerprint density at radius 1 is 0.309 bits per heavy atom. The second kappa shape index (κ2) is 67.8. The van der Waals surface area contributed by atoms with E-state index in [2.05, 4.69) is 113 Å². The third-order valence-electron chi connectivity index (χ3n) is 15.4. The van der Waals surface area contributed by atoms with E-state index < -0.39 is 97.5 Å². The summed E-state index contributed by atoms with van der Waals surface area (Å²) in [6.45, 7) is 4.58. The van der Waals surface area contributed by atoms with Crippen LogP contribution in [0.25, 0.3) is 0 Å². The molecule has 94 heavy (non-hydrogen) atoms. The first kappa shape index (κ1) is 90.2. The van der Waals surface area contributed by atoms with Gasteiger partial charge >= 0.3 is 39.5 Å². The Balaban J connectivity index is 5.29. The summed E-state index contributed by atoms with van der Waals surface area (Å²) < 4.78 is 68.3. The lowest BCUT2D eigenvalue weighted by Crippen LogP contribution is -2.30. The Kier molecular flexibility index (Phi) is 65.1. The summed E-state index contributed by atoms with van der Waals surface area (Å²) in [5.41, 5.74) is 0. The SMILES string of the molecule is CC/C=C\C/C=C\C/C=C\CCCCCCCCCC(=O)OCC(COP(=O)(O)OCC(O)COP(=O)(O)OCC(COC(=O)CCCCCCC/C=C\C/C=C\C/C=C\CC)OC(=O)CCCCCCC/C=C\CCCC)OC(=O)CCCCCCCCCCCCC. The van der Waals surface area contributed by atoms with Gasteiger partial charge in [0.15, 0.2) is 12.2 Å². The Bertz CT molecular complexity index is 2120. The molecule has 0 saturated heterocycles. The minimum atomic E-state index is -4.97. The molecule has 0 aromatic rings. The van der Waals surface area contributed by atoms with Crippen LogP contribution < -0.4 is 0 Å². The summed E-state index contributed by atoms with van der Waals surface area (Å²) in [5.74, 6) is -2.20. The number of allylic oxidation sites excluding steroid dienone is 14. The number of hydrogen-bond acceptors (Lipinski definition) is 15. The number of aliphatic hydroxyl groups is 1. The van der Waals surface area contributed by atoms with Gasteiger partial charge in [-0.2, -0.15) is 0 Å². The Morgan fingerprint density at radius 3 is 0.894 bits per heavy atom. The Morgan fingerprint density at radius 2 is 0.564 bits per heavy atom. The van der Waals surface area contributed by atoms with Crippen molar-refractivity contribution in [2.75, 3.05) is 39.6 Å². The number of phosphoric acid groups is 2. The summed E-state index contributed by atoms with van der Waals surface area (Å²) in [5, 5.41) is 10.6. The summed E-state index contributed by atoms with van der Waals surface area (Å²) in [6.07, 6.45) is 67.3. The van der Waals surface area contributed by atoms with Gasteiger partial charge in [0.2, 0.25) is 0 Å². The molecular weight excluding hydrogens is 1230 g/mol. The molecule has 0 aromatic heterocycles. The van der Waals surface area contributed by atoms with Gasteiger partial charge in [-0.15, -0.1) is 0 Å². The number of carbonyl (C=O) groups is 4. The standard InChI is InChI=1S/C75H132O17P2/c1-5-9-13-17-21-25-29-31-33-34-36-38-42-44-48-52-56-60-73(78)86-66-71(92-75(80)62-58-54-50-46-40-28-24-20-16-12-8-4)68-90-94(83,84)88-64-69(76)63-87-93(81,82)89-67-70(91-74(79)61-57-53-49-45-39-27-23-19-15-11-7-3)65-85-72(77)59-55-51-47-43-41-37-35-32-30-26-22-18-14-10-6-2/h9-10,13-14,19,21-23,25-26,31-33,35,69-71,76H,5-8,11-12,15-18,20,24,27-30,34,36-68H2,1-4H3,(H,81,82)(H,83,84)/b13-9-,14-10-,23-19-,25-21-,26-22-,33-31-,35-32-. The maximum atomic E-state index is 13.0. The van der Waals surface area contributed by atoms with Gasteiger partial charge < -0.3 is 33.8 Å². The third-order valence-corrected chi connectivity index (χ3v) is 17.3. The van der Waals surface area contributed by atoms with E-state index in [9.17, 15) is 43.2 Å². The topological polar surface area (TPSA) is 237 Å². The molecule has 0 fully saturated rings. The van der Waals surface area contributed by atoms with Crippen LogP contribution in [-0.4, -0.2) is 96.7 Å². The number of unbranched alkanes of at least 4 members (excludes halogenated alkanes) is 29. The van der Waals surface area contributed by atoms with E-state index in [1.807, 2.05) is 0 Å². The smallest absolute Gasteiger partial charge is 0.462 e. The lowest BCUT2D eigenvalue weighted by atomic mass is 10.1. The zero-order chi connectivity index (χ0) is 69.0. The van der Waals surface area contributed by atoms with Crippen LogP contribution >= 0.6 is 15.6 Å². The minimum absolute atomic E-state index is 0.0819. The van der Waals surface area contributed by atoms with Gasteiger partial charge in [-0.25, -0.2) is 9.13 Å². The number of hydrogen-bond donors (Lipinski definition) is 3. The van der Waals surface area contributed by atoms with Gasteiger partial charge in [-0.1, -0.05) is 260 Å². The molecule has 0 rings (SSSR count). The van der Waals surface area contributed by atoms with Crippen molar-refractivity contribution in [1.82, 2.24) is 0 Å². The van der Waals surface area contributed by atoms with Crippen molar-refractivity contribution < 1.29 is 80.2 Å². The molecule has 0 bridgehead atoms. The van der Waals surface area contributed by atoms with E-state index >= 15 is 0 Å². The molecule has 0 aromatic carbocycles. The molecule has 17 nitrogen and oxygen atoms in total. The fraction of sp³-hybridized carbons (Fsp3) is 0.760. The van der Waals surface area contributed by atoms with Crippen LogP contribution in [-0.2, 0) is 65.4 Å². The molecule has 544 valence electrons. The monoisotopic (exact) mass is 1370 g/mol. The summed E-state index contributed by atoms with van der Waals surface area (Å²) in [4.78, 5) is 72.6. The van der Waals surface area contributed by atoms with Crippen LogP contribution in [0, 0.1) is 0 Å². The molecule has 0 aliphatic rings. The van der Waals surface area contributed by atoms with Crippen molar-refractivity contribution in [3.8, 4) is 0 Å². The predicted molar refractivity (Wildman–Crippen MR) is 381 cm³/mol. The molecule has 5 atom stereocenters. The largest absolute Gasteiger partial charge is 0.472 e. The van der Waals surface area contributed by atoms with E-state index in [0.717, 1.165) is 180 Å². The van der Waals surface area contributed by atoms with Gasteiger partial charge in [0, 0.05) is 25.7 Å². The maximum absolute atomic E-state index is 13.0. The fourth-order valence-electron chi connectivity index (χ4n) is 9.76. The lowest BCUT2D eigenvalue weighted by molar-refractivity contribution is -0.161. The van der Waals surface area contributed by atoms with Crippen LogP contribution in [0.1, 0.15) is 310 Å². The van der Waals surface area contributed by atoms with Crippen molar-refractivity contribution in [2.45, 2.75) is 329 Å². The van der Waals surface area contributed by atoms with Gasteiger partial charge in [-0.05, 0) is 109 Å². The molecule has 0 aliphatic heterocycles. The van der Waals surface area contributed by atoms with E-state index in [-0.39, 0.29) is 25.7 Å². The highest BCUT2D eigenvalue weighted by molar-refractivity contribution is 7.47. The average molecular weight is 1370 g/mol. The molecule has 0 heterocycles. The second-order valence-electron chi connectivity index (χ2n) is 24.5. The number of ether oxygens (including phenoxy) is 4. The van der Waals surface area contributed by atoms with Crippen LogP contribution in [0.3, 0.4) is 0 Å². The fourth-order valence-corrected chi connectivity index (χ4v) is 11.3. The summed E-state index contributed by atoms with van der Waals surface area (Å²) >= 11 is 0. The van der Waals surface area contributed by atoms with Crippen molar-refractivity contribution >= 4 is 39.5 Å². The zero-order valence-corrected chi connectivity index (χ0v) is 60.9. The molecule has 0 amide bonds. The van der Waals surface area contributed by atoms with Crippen molar-refractivity contribution in [3.05, 3.63) is 85.1 Å². The Hall–Kier alpha value is -3.76. The van der Waals surface area contributed by atoms with Crippen molar-refractivity contribution in [3.63, 3.8) is 0 Å². The van der Waals surface area contributed by atoms with Crippen LogP contribution in [0.5, 0.6) is 0 Å².